The van der Waals surface area contributed by atoms with Crippen molar-refractivity contribution in [3.8, 4) is 5.75 Å². The number of benzene rings is 3. The number of hydrogen-bond donors (Lipinski definition) is 1. The molecule has 3 aromatic carbocycles. The Hall–Kier alpha value is -3.92. The van der Waals surface area contributed by atoms with E-state index in [-0.39, 0.29) is 29.1 Å². The molecule has 40 heavy (non-hydrogen) atoms. The van der Waals surface area contributed by atoms with Crippen LogP contribution in [0.4, 0.5) is 10.1 Å². The van der Waals surface area contributed by atoms with Crippen molar-refractivity contribution in [2.24, 2.45) is 0 Å². The lowest BCUT2D eigenvalue weighted by Gasteiger charge is -2.33. The van der Waals surface area contributed by atoms with Crippen LogP contribution < -0.4 is 14.4 Å². The minimum absolute atomic E-state index is 0.0125. The van der Waals surface area contributed by atoms with E-state index >= 15 is 0 Å². The minimum Gasteiger partial charge on any atom is -0.497 e. The van der Waals surface area contributed by atoms with Crippen molar-refractivity contribution >= 4 is 27.5 Å². The van der Waals surface area contributed by atoms with Gasteiger partial charge < -0.3 is 15.0 Å². The quantitative estimate of drug-likeness (QED) is 0.342. The van der Waals surface area contributed by atoms with Crippen molar-refractivity contribution in [3.05, 3.63) is 89.7 Å². The van der Waals surface area contributed by atoms with Gasteiger partial charge in [0.15, 0.2) is 0 Å². The van der Waals surface area contributed by atoms with Crippen molar-refractivity contribution in [1.29, 1.82) is 0 Å². The second-order valence-corrected chi connectivity index (χ2v) is 11.6. The average molecular weight is 570 g/mol. The summed E-state index contributed by atoms with van der Waals surface area (Å²) >= 11 is 0. The third-order valence-electron chi connectivity index (χ3n) is 6.33. The number of aryl methyl sites for hydroxylation is 1. The normalized spacial score (nSPS) is 12.1. The standard InChI is InChI=1S/C30H36FN3O5S/c1-6-28(30(36)32-21(2)3)33(19-23-9-15-26(39-5)16-10-23)29(35)20-34(25-13-11-24(31)12-14-25)40(37,38)27-17-7-22(4)8-18-27/h7-18,21,28H,6,19-20H2,1-5H3,(H,32,36)/t28-/m1/s1. The second-order valence-electron chi connectivity index (χ2n) is 9.76. The fourth-order valence-corrected chi connectivity index (χ4v) is 5.62. The predicted molar refractivity (Wildman–Crippen MR) is 153 cm³/mol. The van der Waals surface area contributed by atoms with Crippen LogP contribution in [0.2, 0.25) is 0 Å². The molecule has 0 heterocycles. The molecule has 214 valence electrons. The summed E-state index contributed by atoms with van der Waals surface area (Å²) in [6.45, 7) is 6.74. The number of carbonyl (C=O) groups excluding carboxylic acids is 2. The number of hydrogen-bond acceptors (Lipinski definition) is 5. The molecule has 2 amide bonds. The highest BCUT2D eigenvalue weighted by Gasteiger charge is 2.33. The molecule has 0 bridgehead atoms. The molecule has 0 spiro atoms. The van der Waals surface area contributed by atoms with Gasteiger partial charge in [0.1, 0.15) is 24.2 Å². The summed E-state index contributed by atoms with van der Waals surface area (Å²) in [7, 11) is -2.67. The van der Waals surface area contributed by atoms with Gasteiger partial charge in [0.2, 0.25) is 11.8 Å². The molecule has 1 atom stereocenters. The van der Waals surface area contributed by atoms with Crippen LogP contribution in [0.25, 0.3) is 0 Å². The molecule has 0 radical (unpaired) electrons. The number of amides is 2. The van der Waals surface area contributed by atoms with Crippen LogP contribution >= 0.6 is 0 Å². The monoisotopic (exact) mass is 569 g/mol. The van der Waals surface area contributed by atoms with Gasteiger partial charge in [-0.05, 0) is 81.3 Å². The van der Waals surface area contributed by atoms with Crippen LogP contribution in [0.15, 0.2) is 77.7 Å². The maximum atomic E-state index is 14.0. The van der Waals surface area contributed by atoms with E-state index in [0.717, 1.165) is 27.6 Å². The fourth-order valence-electron chi connectivity index (χ4n) is 4.20. The highest BCUT2D eigenvalue weighted by molar-refractivity contribution is 7.92. The average Bonchev–Trinajstić information content (AvgIpc) is 2.92. The molecule has 0 fully saturated rings. The lowest BCUT2D eigenvalue weighted by Crippen LogP contribution is -2.53. The second kappa shape index (κ2) is 13.4. The van der Waals surface area contributed by atoms with Crippen LogP contribution in [-0.4, -0.2) is 50.9 Å². The third-order valence-corrected chi connectivity index (χ3v) is 8.12. The highest BCUT2D eigenvalue weighted by Crippen LogP contribution is 2.25. The minimum atomic E-state index is -4.22. The highest BCUT2D eigenvalue weighted by atomic mass is 32.2. The van der Waals surface area contributed by atoms with Gasteiger partial charge in [0.25, 0.3) is 10.0 Å². The van der Waals surface area contributed by atoms with Crippen LogP contribution in [0.1, 0.15) is 38.3 Å². The van der Waals surface area contributed by atoms with E-state index in [1.807, 2.05) is 20.8 Å². The lowest BCUT2D eigenvalue weighted by molar-refractivity contribution is -0.140. The predicted octanol–water partition coefficient (Wildman–Crippen LogP) is 4.67. The summed E-state index contributed by atoms with van der Waals surface area (Å²) in [6.07, 6.45) is 0.307. The SMILES string of the molecule is CC[C@H](C(=O)NC(C)C)N(Cc1ccc(OC)cc1)C(=O)CN(c1ccc(F)cc1)S(=O)(=O)c1ccc(C)cc1. The zero-order chi connectivity index (χ0) is 29.4. The molecule has 0 aromatic heterocycles. The van der Waals surface area contributed by atoms with Crippen molar-refractivity contribution < 1.29 is 27.1 Å². The summed E-state index contributed by atoms with van der Waals surface area (Å²) in [4.78, 5) is 28.5. The molecule has 0 aliphatic heterocycles. The first kappa shape index (κ1) is 30.6. The Bertz CT molecular complexity index is 1390. The van der Waals surface area contributed by atoms with Crippen LogP contribution in [0.5, 0.6) is 5.75 Å². The Kier molecular flexibility index (Phi) is 10.3. The largest absolute Gasteiger partial charge is 0.497 e. The molecular formula is C30H36FN3O5S. The molecule has 3 rings (SSSR count). The van der Waals surface area contributed by atoms with E-state index in [2.05, 4.69) is 5.32 Å². The Morgan fingerprint density at radius 3 is 2.08 bits per heavy atom. The number of methoxy groups -OCH3 is 1. The van der Waals surface area contributed by atoms with E-state index < -0.39 is 34.3 Å². The summed E-state index contributed by atoms with van der Waals surface area (Å²) in [6, 6.07) is 17.2. The Morgan fingerprint density at radius 2 is 1.55 bits per heavy atom. The Labute approximate surface area is 235 Å². The smallest absolute Gasteiger partial charge is 0.264 e. The van der Waals surface area contributed by atoms with Gasteiger partial charge in [-0.3, -0.25) is 13.9 Å². The molecule has 0 aliphatic rings. The number of ether oxygens (including phenoxy) is 1. The van der Waals surface area contributed by atoms with Gasteiger partial charge >= 0.3 is 0 Å². The van der Waals surface area contributed by atoms with Crippen LogP contribution in [-0.2, 0) is 26.2 Å². The molecule has 0 saturated carbocycles. The molecule has 10 heteroatoms. The number of halogens is 1. The number of nitrogens with zero attached hydrogens (tertiary/aromatic N) is 2. The molecule has 3 aromatic rings. The lowest BCUT2D eigenvalue weighted by atomic mass is 10.1. The molecule has 8 nitrogen and oxygen atoms in total. The van der Waals surface area contributed by atoms with Gasteiger partial charge in [-0.15, -0.1) is 0 Å². The number of nitrogens with one attached hydrogen (secondary N) is 1. The van der Waals surface area contributed by atoms with E-state index in [0.29, 0.717) is 12.2 Å². The maximum absolute atomic E-state index is 14.0. The summed E-state index contributed by atoms with van der Waals surface area (Å²) < 4.78 is 47.5. The van der Waals surface area contributed by atoms with Crippen LogP contribution in [0, 0.1) is 12.7 Å². The van der Waals surface area contributed by atoms with Crippen molar-refractivity contribution in [1.82, 2.24) is 10.2 Å². The van der Waals surface area contributed by atoms with E-state index in [4.69, 9.17) is 4.74 Å². The molecule has 1 N–H and O–H groups in total. The van der Waals surface area contributed by atoms with Gasteiger partial charge in [-0.25, -0.2) is 12.8 Å². The number of rotatable bonds is 12. The third kappa shape index (κ3) is 7.59. The molecular weight excluding hydrogens is 533 g/mol. The van der Waals surface area contributed by atoms with Crippen LogP contribution in [0.3, 0.4) is 0 Å². The first-order valence-corrected chi connectivity index (χ1v) is 14.5. The zero-order valence-electron chi connectivity index (χ0n) is 23.4. The Morgan fingerprint density at radius 1 is 0.950 bits per heavy atom. The van der Waals surface area contributed by atoms with Crippen molar-refractivity contribution in [2.75, 3.05) is 18.0 Å². The first-order chi connectivity index (χ1) is 19.0. The van der Waals surface area contributed by atoms with E-state index in [1.165, 1.54) is 29.2 Å². The van der Waals surface area contributed by atoms with E-state index in [1.54, 1.807) is 50.4 Å². The Balaban J connectivity index is 2.05. The summed E-state index contributed by atoms with van der Waals surface area (Å²) in [5, 5.41) is 2.86. The van der Waals surface area contributed by atoms with Gasteiger partial charge in [-0.2, -0.15) is 0 Å². The zero-order valence-corrected chi connectivity index (χ0v) is 24.2. The van der Waals surface area contributed by atoms with Gasteiger partial charge in [0, 0.05) is 12.6 Å². The maximum Gasteiger partial charge on any atom is 0.264 e. The van der Waals surface area contributed by atoms with Crippen molar-refractivity contribution in [3.63, 3.8) is 0 Å². The van der Waals surface area contributed by atoms with Crippen molar-refractivity contribution in [2.45, 2.75) is 57.6 Å². The molecule has 0 unspecified atom stereocenters. The van der Waals surface area contributed by atoms with Gasteiger partial charge in [-0.1, -0.05) is 36.8 Å². The topological polar surface area (TPSA) is 96.0 Å². The fraction of sp³-hybridized carbons (Fsp3) is 0.333. The summed E-state index contributed by atoms with van der Waals surface area (Å²) in [5.74, 6) is -0.825. The summed E-state index contributed by atoms with van der Waals surface area (Å²) in [5.41, 5.74) is 1.73. The number of anilines is 1. The van der Waals surface area contributed by atoms with E-state index in [9.17, 15) is 22.4 Å². The molecule has 0 saturated heterocycles. The number of sulfonamides is 1. The first-order valence-electron chi connectivity index (χ1n) is 13.0. The van der Waals surface area contributed by atoms with Gasteiger partial charge in [0.05, 0.1) is 17.7 Å². The molecule has 0 aliphatic carbocycles. The number of carbonyl (C=O) groups is 2.